The average Bonchev–Trinajstić information content (AvgIpc) is 3.19. The van der Waals surface area contributed by atoms with Crippen molar-refractivity contribution in [3.05, 3.63) is 18.5 Å². The van der Waals surface area contributed by atoms with Crippen LogP contribution in [0.2, 0.25) is 0 Å². The number of aromatic nitrogens is 4. The Morgan fingerprint density at radius 1 is 1.12 bits per heavy atom. The molecule has 0 radical (unpaired) electrons. The molecule has 0 aromatic carbocycles. The number of nitrogens with one attached hydrogen (secondary N) is 1. The van der Waals surface area contributed by atoms with Gasteiger partial charge < -0.3 is 14.5 Å². The molecular weight excluding hydrogens is 316 g/mol. The van der Waals surface area contributed by atoms with Gasteiger partial charge in [-0.15, -0.1) is 5.10 Å². The van der Waals surface area contributed by atoms with E-state index in [0.29, 0.717) is 25.1 Å². The zero-order chi connectivity index (χ0) is 17.1. The summed E-state index contributed by atoms with van der Waals surface area (Å²) in [5.41, 5.74) is 2.05. The van der Waals surface area contributed by atoms with E-state index in [0.717, 1.165) is 21.9 Å². The first-order valence-electron chi connectivity index (χ1n) is 9.34. The molecule has 1 aliphatic carbocycles. The predicted molar refractivity (Wildman–Crippen MR) is 98.1 cm³/mol. The van der Waals surface area contributed by atoms with Crippen molar-refractivity contribution in [2.75, 3.05) is 20.3 Å². The van der Waals surface area contributed by atoms with Crippen LogP contribution in [0.4, 0.5) is 0 Å². The largest absolute Gasteiger partial charge is 0.474 e. The number of nitrogens with zero attached hydrogens (tertiary/aromatic N) is 3. The number of hydrogen-bond acceptors (Lipinski definition) is 4. The van der Waals surface area contributed by atoms with Gasteiger partial charge in [0, 0.05) is 24.9 Å². The molecule has 6 nitrogen and oxygen atoms in total. The zero-order valence-electron chi connectivity index (χ0n) is 14.8. The summed E-state index contributed by atoms with van der Waals surface area (Å²) in [5, 5.41) is 6.98. The van der Waals surface area contributed by atoms with Crippen molar-refractivity contribution >= 4 is 21.9 Å². The molecule has 3 aromatic heterocycles. The lowest BCUT2D eigenvalue weighted by Crippen LogP contribution is -2.13. The molecule has 3 aromatic rings. The minimum Gasteiger partial charge on any atom is -0.474 e. The predicted octanol–water partition coefficient (Wildman–Crippen LogP) is 4.22. The minimum atomic E-state index is 0.433. The van der Waals surface area contributed by atoms with E-state index in [1.165, 1.54) is 44.9 Å². The maximum absolute atomic E-state index is 5.91. The van der Waals surface area contributed by atoms with Crippen LogP contribution in [0.5, 0.6) is 5.88 Å². The summed E-state index contributed by atoms with van der Waals surface area (Å²) in [5.74, 6) is 0.671. The van der Waals surface area contributed by atoms with E-state index >= 15 is 0 Å². The average molecular weight is 342 g/mol. The molecule has 0 saturated heterocycles. The summed E-state index contributed by atoms with van der Waals surface area (Å²) in [6.07, 6.45) is 12.7. The Balaban J connectivity index is 1.78. The lowest BCUT2D eigenvalue weighted by molar-refractivity contribution is 0.143. The van der Waals surface area contributed by atoms with E-state index in [4.69, 9.17) is 14.6 Å². The number of hydrogen-bond donors (Lipinski definition) is 1. The second-order valence-corrected chi connectivity index (χ2v) is 6.85. The molecule has 0 atom stereocenters. The van der Waals surface area contributed by atoms with Crippen molar-refractivity contribution in [1.82, 2.24) is 19.7 Å². The molecule has 4 rings (SSSR count). The van der Waals surface area contributed by atoms with E-state index < -0.39 is 0 Å². The summed E-state index contributed by atoms with van der Waals surface area (Å²) in [7, 11) is 1.68. The van der Waals surface area contributed by atoms with Crippen LogP contribution in [0.1, 0.15) is 51.0 Å². The molecule has 1 aliphatic rings. The van der Waals surface area contributed by atoms with Crippen LogP contribution < -0.4 is 4.74 Å². The summed E-state index contributed by atoms with van der Waals surface area (Å²) < 4.78 is 13.2. The molecule has 0 amide bonds. The maximum Gasteiger partial charge on any atom is 0.242 e. The van der Waals surface area contributed by atoms with E-state index in [1.54, 1.807) is 7.11 Å². The van der Waals surface area contributed by atoms with Crippen LogP contribution in [0.3, 0.4) is 0 Å². The molecule has 0 unspecified atom stereocenters. The normalized spacial score (nSPS) is 17.0. The molecule has 3 heterocycles. The number of pyridine rings is 1. The highest BCUT2D eigenvalue weighted by atomic mass is 16.5. The molecule has 25 heavy (non-hydrogen) atoms. The Morgan fingerprint density at radius 2 is 1.92 bits per heavy atom. The van der Waals surface area contributed by atoms with Crippen LogP contribution in [-0.4, -0.2) is 40.1 Å². The molecule has 6 heteroatoms. The van der Waals surface area contributed by atoms with Gasteiger partial charge in [-0.2, -0.15) is 0 Å². The highest BCUT2D eigenvalue weighted by Gasteiger charge is 2.22. The smallest absolute Gasteiger partial charge is 0.242 e. The minimum absolute atomic E-state index is 0.433. The van der Waals surface area contributed by atoms with Crippen molar-refractivity contribution in [2.24, 2.45) is 0 Å². The van der Waals surface area contributed by atoms with Gasteiger partial charge in [0.1, 0.15) is 12.3 Å². The van der Waals surface area contributed by atoms with Gasteiger partial charge in [-0.3, -0.25) is 4.68 Å². The Labute approximate surface area is 147 Å². The van der Waals surface area contributed by atoms with Gasteiger partial charge in [-0.25, -0.2) is 4.98 Å². The molecule has 0 spiro atoms. The fourth-order valence-electron chi connectivity index (χ4n) is 3.87. The van der Waals surface area contributed by atoms with Gasteiger partial charge in [0.15, 0.2) is 0 Å². The van der Waals surface area contributed by atoms with Gasteiger partial charge in [0.25, 0.3) is 0 Å². The fourth-order valence-corrected chi connectivity index (χ4v) is 3.87. The quantitative estimate of drug-likeness (QED) is 0.705. The standard InChI is InChI=1S/C19H26N4O2/c1-24-11-12-25-19-16-13-21-18-15(9-10-20-18)17(16)23(22-19)14-7-5-3-2-4-6-8-14/h9-10,13-14H,2-8,11-12H2,1H3,(H,20,21). The second-order valence-electron chi connectivity index (χ2n) is 6.85. The molecule has 134 valence electrons. The van der Waals surface area contributed by atoms with Gasteiger partial charge in [-0.1, -0.05) is 32.1 Å². The van der Waals surface area contributed by atoms with Gasteiger partial charge >= 0.3 is 0 Å². The Kier molecular flexibility index (Phi) is 4.88. The van der Waals surface area contributed by atoms with Gasteiger partial charge in [0.2, 0.25) is 5.88 Å². The van der Waals surface area contributed by atoms with E-state index in [2.05, 4.69) is 20.7 Å². The summed E-state index contributed by atoms with van der Waals surface area (Å²) in [6, 6.07) is 2.52. The number of H-pyrrole nitrogens is 1. The number of fused-ring (bicyclic) bond motifs is 3. The number of methoxy groups -OCH3 is 1. The summed E-state index contributed by atoms with van der Waals surface area (Å²) in [6.45, 7) is 1.05. The summed E-state index contributed by atoms with van der Waals surface area (Å²) >= 11 is 0. The van der Waals surface area contributed by atoms with Crippen molar-refractivity contribution in [3.63, 3.8) is 0 Å². The van der Waals surface area contributed by atoms with Crippen LogP contribution >= 0.6 is 0 Å². The number of aromatic amines is 1. The Hall–Kier alpha value is -2.08. The monoisotopic (exact) mass is 342 g/mol. The first kappa shape index (κ1) is 16.4. The fraction of sp³-hybridized carbons (Fsp3) is 0.579. The lowest BCUT2D eigenvalue weighted by Gasteiger charge is -2.21. The molecular formula is C19H26N4O2. The number of ether oxygens (including phenoxy) is 2. The zero-order valence-corrected chi connectivity index (χ0v) is 14.8. The topological polar surface area (TPSA) is 65.0 Å². The third-order valence-corrected chi connectivity index (χ3v) is 5.16. The molecule has 0 aliphatic heterocycles. The second kappa shape index (κ2) is 7.44. The van der Waals surface area contributed by atoms with Crippen LogP contribution in [0.25, 0.3) is 21.9 Å². The maximum atomic E-state index is 5.91. The Morgan fingerprint density at radius 3 is 2.72 bits per heavy atom. The van der Waals surface area contributed by atoms with E-state index in [9.17, 15) is 0 Å². The molecule has 1 fully saturated rings. The van der Waals surface area contributed by atoms with Crippen molar-refractivity contribution in [2.45, 2.75) is 51.0 Å². The van der Waals surface area contributed by atoms with Crippen LogP contribution in [0.15, 0.2) is 18.5 Å². The molecule has 1 N–H and O–H groups in total. The lowest BCUT2D eigenvalue weighted by atomic mass is 9.96. The van der Waals surface area contributed by atoms with Gasteiger partial charge in [-0.05, 0) is 18.9 Å². The van der Waals surface area contributed by atoms with Crippen molar-refractivity contribution in [1.29, 1.82) is 0 Å². The molecule has 0 bridgehead atoms. The first-order valence-corrected chi connectivity index (χ1v) is 9.34. The SMILES string of the molecule is COCCOc1nn(C2CCCCCCC2)c2c1cnc1[nH]ccc12. The molecule has 1 saturated carbocycles. The highest BCUT2D eigenvalue weighted by molar-refractivity contribution is 6.04. The van der Waals surface area contributed by atoms with E-state index in [-0.39, 0.29) is 0 Å². The van der Waals surface area contributed by atoms with Crippen LogP contribution in [0, 0.1) is 0 Å². The van der Waals surface area contributed by atoms with E-state index in [1.807, 2.05) is 12.4 Å². The van der Waals surface area contributed by atoms with Crippen molar-refractivity contribution < 1.29 is 9.47 Å². The Bertz CT molecular complexity index is 831. The number of rotatable bonds is 5. The summed E-state index contributed by atoms with van der Waals surface area (Å²) in [4.78, 5) is 7.74. The van der Waals surface area contributed by atoms with Crippen LogP contribution in [-0.2, 0) is 4.74 Å². The first-order chi connectivity index (χ1) is 12.4. The van der Waals surface area contributed by atoms with Crippen molar-refractivity contribution in [3.8, 4) is 5.88 Å². The van der Waals surface area contributed by atoms with Gasteiger partial charge in [0.05, 0.1) is 23.6 Å². The third kappa shape index (κ3) is 3.23. The highest BCUT2D eigenvalue weighted by Crippen LogP contribution is 2.35. The third-order valence-electron chi connectivity index (χ3n) is 5.16.